The van der Waals surface area contributed by atoms with Gasteiger partial charge in [-0.2, -0.15) is 0 Å². The van der Waals surface area contributed by atoms with Gasteiger partial charge in [-0.05, 0) is 5.92 Å². The lowest BCUT2D eigenvalue weighted by Crippen LogP contribution is -2.33. The zero-order valence-corrected chi connectivity index (χ0v) is 6.98. The second kappa shape index (κ2) is 5.75. The Labute approximate surface area is 67.6 Å². The van der Waals surface area contributed by atoms with Crippen molar-refractivity contribution in [3.05, 3.63) is 0 Å². The summed E-state index contributed by atoms with van der Waals surface area (Å²) in [7, 11) is 0. The molecule has 0 unspecified atom stereocenters. The van der Waals surface area contributed by atoms with E-state index in [2.05, 4.69) is 10.6 Å². The van der Waals surface area contributed by atoms with Gasteiger partial charge in [0.05, 0.1) is 0 Å². The van der Waals surface area contributed by atoms with Gasteiger partial charge < -0.3 is 10.6 Å². The first-order valence-corrected chi connectivity index (χ1v) is 3.64. The van der Waals surface area contributed by atoms with Crippen molar-refractivity contribution in [1.29, 1.82) is 0 Å². The lowest BCUT2D eigenvalue weighted by atomic mass is 10.4. The van der Waals surface area contributed by atoms with Gasteiger partial charge in [-0.15, -0.1) is 6.42 Å². The molecule has 0 spiro atoms. The number of carbonyl (C=O) groups is 1. The smallest absolute Gasteiger partial charge is 0.295 e. The summed E-state index contributed by atoms with van der Waals surface area (Å²) in [5.74, 6) is 1.62. The molecule has 0 aromatic carbocycles. The number of hydrogen-bond acceptors (Lipinski definition) is 2. The van der Waals surface area contributed by atoms with E-state index in [1.54, 1.807) is 0 Å². The fraction of sp³-hybridized carbons (Fsp3) is 0.625. The molecule has 11 heavy (non-hydrogen) atoms. The first kappa shape index (κ1) is 9.99. The minimum atomic E-state index is -0.351. The Hall–Kier alpha value is -1.01. The summed E-state index contributed by atoms with van der Waals surface area (Å²) in [6.45, 7) is 5.43. The summed E-state index contributed by atoms with van der Waals surface area (Å²) < 4.78 is 0. The Bertz CT molecular complexity index is 158. The Morgan fingerprint density at radius 1 is 1.55 bits per heavy atom. The predicted molar refractivity (Wildman–Crippen MR) is 45.0 cm³/mol. The van der Waals surface area contributed by atoms with Crippen molar-refractivity contribution in [2.45, 2.75) is 19.9 Å². The SMILES string of the molecule is C#CC(=O)NCCNC(C)C. The largest absolute Gasteiger partial charge is 0.344 e. The third-order valence-electron chi connectivity index (χ3n) is 1.09. The topological polar surface area (TPSA) is 41.1 Å². The molecule has 0 radical (unpaired) electrons. The van der Waals surface area contributed by atoms with E-state index in [0.717, 1.165) is 6.54 Å². The summed E-state index contributed by atoms with van der Waals surface area (Å²) in [6.07, 6.45) is 4.83. The summed E-state index contributed by atoms with van der Waals surface area (Å²) in [5, 5.41) is 5.69. The molecule has 62 valence electrons. The van der Waals surface area contributed by atoms with Crippen LogP contribution in [0.15, 0.2) is 0 Å². The van der Waals surface area contributed by atoms with Crippen molar-refractivity contribution in [3.8, 4) is 12.3 Å². The molecule has 0 rings (SSSR count). The maximum atomic E-state index is 10.5. The van der Waals surface area contributed by atoms with Crippen LogP contribution < -0.4 is 10.6 Å². The highest BCUT2D eigenvalue weighted by Crippen LogP contribution is 1.72. The highest BCUT2D eigenvalue weighted by molar-refractivity contribution is 5.92. The van der Waals surface area contributed by atoms with Crippen LogP contribution >= 0.6 is 0 Å². The standard InChI is InChI=1S/C8H14N2O/c1-4-8(11)10-6-5-9-7(2)3/h1,7,9H,5-6H2,2-3H3,(H,10,11). The van der Waals surface area contributed by atoms with Crippen LogP contribution in [0, 0.1) is 12.3 Å². The second-order valence-electron chi connectivity index (χ2n) is 2.51. The molecule has 2 N–H and O–H groups in total. The highest BCUT2D eigenvalue weighted by Gasteiger charge is 1.93. The Morgan fingerprint density at radius 3 is 2.64 bits per heavy atom. The Morgan fingerprint density at radius 2 is 2.18 bits per heavy atom. The van der Waals surface area contributed by atoms with Gasteiger partial charge >= 0.3 is 0 Å². The molecule has 0 saturated carbocycles. The number of carbonyl (C=O) groups excluding carboxylic acids is 1. The molecule has 0 aliphatic carbocycles. The number of rotatable bonds is 4. The molecule has 0 saturated heterocycles. The van der Waals surface area contributed by atoms with Crippen LogP contribution in [-0.2, 0) is 4.79 Å². The van der Waals surface area contributed by atoms with E-state index in [4.69, 9.17) is 6.42 Å². The fourth-order valence-corrected chi connectivity index (χ4v) is 0.588. The molecule has 0 aliphatic heterocycles. The normalized spacial score (nSPS) is 9.27. The number of hydrogen-bond donors (Lipinski definition) is 2. The molecule has 0 aromatic rings. The summed E-state index contributed by atoms with van der Waals surface area (Å²) in [5.41, 5.74) is 0. The number of amides is 1. The van der Waals surface area contributed by atoms with E-state index in [9.17, 15) is 4.79 Å². The van der Waals surface area contributed by atoms with Crippen LogP contribution in [-0.4, -0.2) is 25.0 Å². The predicted octanol–water partition coefficient (Wildman–Crippen LogP) is -0.266. The van der Waals surface area contributed by atoms with Gasteiger partial charge in [-0.25, -0.2) is 0 Å². The zero-order chi connectivity index (χ0) is 8.69. The van der Waals surface area contributed by atoms with Crippen LogP contribution in [0.1, 0.15) is 13.8 Å². The van der Waals surface area contributed by atoms with Crippen LogP contribution in [0.25, 0.3) is 0 Å². The molecular weight excluding hydrogens is 140 g/mol. The van der Waals surface area contributed by atoms with E-state index in [1.807, 2.05) is 19.8 Å². The number of nitrogens with one attached hydrogen (secondary N) is 2. The maximum absolute atomic E-state index is 10.5. The molecule has 3 heteroatoms. The van der Waals surface area contributed by atoms with Gasteiger partial charge in [0.15, 0.2) is 0 Å². The highest BCUT2D eigenvalue weighted by atomic mass is 16.1. The molecule has 1 amide bonds. The van der Waals surface area contributed by atoms with Gasteiger partial charge in [-0.1, -0.05) is 13.8 Å². The van der Waals surface area contributed by atoms with Crippen molar-refractivity contribution in [1.82, 2.24) is 10.6 Å². The van der Waals surface area contributed by atoms with Gasteiger partial charge in [0.25, 0.3) is 5.91 Å². The van der Waals surface area contributed by atoms with Crippen molar-refractivity contribution in [2.75, 3.05) is 13.1 Å². The summed E-state index contributed by atoms with van der Waals surface area (Å²) >= 11 is 0. The first-order valence-electron chi connectivity index (χ1n) is 3.64. The molecule has 0 heterocycles. The van der Waals surface area contributed by atoms with Crippen LogP contribution in [0.4, 0.5) is 0 Å². The third kappa shape index (κ3) is 6.88. The Balaban J connectivity index is 3.16. The van der Waals surface area contributed by atoms with Gasteiger partial charge in [0.2, 0.25) is 0 Å². The van der Waals surface area contributed by atoms with Crippen LogP contribution in [0.5, 0.6) is 0 Å². The van der Waals surface area contributed by atoms with Crippen LogP contribution in [0.3, 0.4) is 0 Å². The van der Waals surface area contributed by atoms with Crippen molar-refractivity contribution < 1.29 is 4.79 Å². The zero-order valence-electron chi connectivity index (χ0n) is 6.98. The van der Waals surface area contributed by atoms with E-state index in [0.29, 0.717) is 12.6 Å². The lowest BCUT2D eigenvalue weighted by Gasteiger charge is -2.06. The van der Waals surface area contributed by atoms with Gasteiger partial charge in [-0.3, -0.25) is 4.79 Å². The monoisotopic (exact) mass is 154 g/mol. The molecule has 0 bridgehead atoms. The average molecular weight is 154 g/mol. The summed E-state index contributed by atoms with van der Waals surface area (Å²) in [4.78, 5) is 10.5. The van der Waals surface area contributed by atoms with E-state index < -0.39 is 0 Å². The van der Waals surface area contributed by atoms with E-state index in [-0.39, 0.29) is 5.91 Å². The molecule has 3 nitrogen and oxygen atoms in total. The van der Waals surface area contributed by atoms with Gasteiger partial charge in [0.1, 0.15) is 0 Å². The average Bonchev–Trinajstić information content (AvgIpc) is 1.97. The van der Waals surface area contributed by atoms with Crippen molar-refractivity contribution in [3.63, 3.8) is 0 Å². The lowest BCUT2D eigenvalue weighted by molar-refractivity contribution is -0.115. The van der Waals surface area contributed by atoms with Crippen molar-refractivity contribution in [2.24, 2.45) is 0 Å². The van der Waals surface area contributed by atoms with Gasteiger partial charge in [0, 0.05) is 19.1 Å². The quantitative estimate of drug-likeness (QED) is 0.432. The molecular formula is C8H14N2O. The second-order valence-corrected chi connectivity index (χ2v) is 2.51. The van der Waals surface area contributed by atoms with Crippen molar-refractivity contribution >= 4 is 5.91 Å². The molecule has 0 fully saturated rings. The molecule has 0 atom stereocenters. The molecule has 0 aromatic heterocycles. The molecule has 0 aliphatic rings. The minimum Gasteiger partial charge on any atom is -0.344 e. The maximum Gasteiger partial charge on any atom is 0.295 e. The summed E-state index contributed by atoms with van der Waals surface area (Å²) in [6, 6.07) is 0.442. The van der Waals surface area contributed by atoms with E-state index in [1.165, 1.54) is 0 Å². The number of terminal acetylenes is 1. The first-order chi connectivity index (χ1) is 5.16. The van der Waals surface area contributed by atoms with Crippen LogP contribution in [0.2, 0.25) is 0 Å². The Kier molecular flexibility index (Phi) is 5.22. The fourth-order valence-electron chi connectivity index (χ4n) is 0.588. The third-order valence-corrected chi connectivity index (χ3v) is 1.09. The van der Waals surface area contributed by atoms with E-state index >= 15 is 0 Å². The minimum absolute atomic E-state index is 0.351.